The summed E-state index contributed by atoms with van der Waals surface area (Å²) in [6.45, 7) is 1.78. The van der Waals surface area contributed by atoms with Gasteiger partial charge in [0.05, 0.1) is 16.4 Å². The van der Waals surface area contributed by atoms with E-state index in [1.54, 1.807) is 25.9 Å². The number of carbonyl (C=O) groups is 1. The normalized spacial score (nSPS) is 11.0. The van der Waals surface area contributed by atoms with Crippen LogP contribution in [0, 0.1) is 12.7 Å². The number of benzene rings is 1. The van der Waals surface area contributed by atoms with Crippen molar-refractivity contribution in [1.82, 2.24) is 9.55 Å². The molecule has 1 aromatic carbocycles. The second-order valence-electron chi connectivity index (χ2n) is 5.43. The Bertz CT molecular complexity index is 1010. The van der Waals surface area contributed by atoms with Gasteiger partial charge in [0.25, 0.3) is 5.56 Å². The number of hydrogen-bond acceptors (Lipinski definition) is 5. The molecule has 3 rings (SSSR count). The lowest BCUT2D eigenvalue weighted by atomic mass is 10.2. The van der Waals surface area contributed by atoms with E-state index >= 15 is 0 Å². The highest BCUT2D eigenvalue weighted by Crippen LogP contribution is 2.32. The number of aromatic nitrogens is 2. The van der Waals surface area contributed by atoms with Gasteiger partial charge in [0.2, 0.25) is 0 Å². The van der Waals surface area contributed by atoms with Crippen LogP contribution in [0.15, 0.2) is 29.1 Å². The summed E-state index contributed by atoms with van der Waals surface area (Å²) in [5, 5.41) is 10.3. The Morgan fingerprint density at radius 3 is 2.46 bits per heavy atom. The van der Waals surface area contributed by atoms with Crippen LogP contribution in [-0.2, 0) is 0 Å². The summed E-state index contributed by atoms with van der Waals surface area (Å²) in [6, 6.07) is 5.32. The van der Waals surface area contributed by atoms with Crippen LogP contribution in [0.25, 0.3) is 16.0 Å². The molecule has 0 bridgehead atoms. The van der Waals surface area contributed by atoms with Crippen LogP contribution in [0.2, 0.25) is 0 Å². The zero-order valence-electron chi connectivity index (χ0n) is 13.2. The average Bonchev–Trinajstić information content (AvgIpc) is 2.87. The first-order valence-corrected chi connectivity index (χ1v) is 7.85. The molecule has 0 radical (unpaired) electrons. The largest absolute Gasteiger partial charge is 0.477 e. The van der Waals surface area contributed by atoms with Gasteiger partial charge in [0.15, 0.2) is 5.56 Å². The third kappa shape index (κ3) is 2.44. The maximum absolute atomic E-state index is 13.2. The van der Waals surface area contributed by atoms with Crippen molar-refractivity contribution in [2.75, 3.05) is 19.0 Å². The molecule has 1 N–H and O–H groups in total. The zero-order chi connectivity index (χ0) is 17.6. The summed E-state index contributed by atoms with van der Waals surface area (Å²) in [5.74, 6) is -1.76. The predicted octanol–water partition coefficient (Wildman–Crippen LogP) is 2.66. The molecule has 6 nitrogen and oxygen atoms in total. The summed E-state index contributed by atoms with van der Waals surface area (Å²) in [6.07, 6.45) is 0. The average molecular weight is 347 g/mol. The summed E-state index contributed by atoms with van der Waals surface area (Å²) in [4.78, 5) is 31.1. The molecule has 124 valence electrons. The van der Waals surface area contributed by atoms with Crippen molar-refractivity contribution in [2.45, 2.75) is 6.92 Å². The van der Waals surface area contributed by atoms with Crippen molar-refractivity contribution < 1.29 is 14.3 Å². The number of aryl methyl sites for hydroxylation is 1. The predicted molar refractivity (Wildman–Crippen MR) is 91.2 cm³/mol. The van der Waals surface area contributed by atoms with Crippen LogP contribution in [0.1, 0.15) is 15.4 Å². The number of aromatic carboxylic acids is 1. The smallest absolute Gasteiger partial charge is 0.343 e. The van der Waals surface area contributed by atoms with Crippen molar-refractivity contribution in [2.24, 2.45) is 0 Å². The molecule has 0 spiro atoms. The second kappa shape index (κ2) is 5.72. The Kier molecular flexibility index (Phi) is 3.84. The number of halogens is 1. The molecule has 0 aliphatic carbocycles. The molecule has 0 unspecified atom stereocenters. The molecule has 0 saturated carbocycles. The minimum Gasteiger partial charge on any atom is -0.477 e. The van der Waals surface area contributed by atoms with Crippen molar-refractivity contribution in [3.05, 3.63) is 51.0 Å². The maximum Gasteiger partial charge on any atom is 0.343 e. The molecule has 3 aromatic rings. The molecule has 0 amide bonds. The van der Waals surface area contributed by atoms with Crippen molar-refractivity contribution in [3.63, 3.8) is 0 Å². The maximum atomic E-state index is 13.2. The number of anilines is 1. The molecule has 0 atom stereocenters. The molecular weight excluding hydrogens is 333 g/mol. The lowest BCUT2D eigenvalue weighted by Gasteiger charge is -2.18. The summed E-state index contributed by atoms with van der Waals surface area (Å²) < 4.78 is 14.5. The minimum atomic E-state index is -1.33. The van der Waals surface area contributed by atoms with Crippen LogP contribution in [0.3, 0.4) is 0 Å². The molecule has 2 aromatic heterocycles. The lowest BCUT2D eigenvalue weighted by molar-refractivity contribution is 0.0695. The van der Waals surface area contributed by atoms with Crippen LogP contribution >= 0.6 is 11.3 Å². The number of fused-ring (bicyclic) bond motifs is 1. The number of thiazole rings is 1. The van der Waals surface area contributed by atoms with Gasteiger partial charge in [-0.3, -0.25) is 9.36 Å². The fourth-order valence-corrected chi connectivity index (χ4v) is 3.53. The zero-order valence-corrected chi connectivity index (χ0v) is 14.0. The molecule has 0 aliphatic rings. The van der Waals surface area contributed by atoms with Crippen LogP contribution < -0.4 is 10.5 Å². The summed E-state index contributed by atoms with van der Waals surface area (Å²) in [5.41, 5.74) is 0.0629. The topological polar surface area (TPSA) is 75.4 Å². The molecule has 24 heavy (non-hydrogen) atoms. The highest BCUT2D eigenvalue weighted by Gasteiger charge is 2.26. The van der Waals surface area contributed by atoms with E-state index in [1.807, 2.05) is 0 Å². The number of carboxylic acid groups (broad SMARTS) is 1. The van der Waals surface area contributed by atoms with E-state index in [0.29, 0.717) is 21.0 Å². The Balaban J connectivity index is 2.52. The van der Waals surface area contributed by atoms with Crippen LogP contribution in [-0.4, -0.2) is 34.7 Å². The first-order chi connectivity index (χ1) is 11.3. The molecular formula is C16H14FN3O3S. The standard InChI is InChI=1S/C16H14FN3O3S/c1-8-18-12-13(19(2)3)11(16(22)23)14(21)20(15(12)24-8)10-6-4-9(17)5-7-10/h4-7H,1-3H3,(H,22,23). The first-order valence-electron chi connectivity index (χ1n) is 7.04. The van der Waals surface area contributed by atoms with E-state index in [4.69, 9.17) is 0 Å². The van der Waals surface area contributed by atoms with Gasteiger partial charge in [0, 0.05) is 14.1 Å². The number of hydrogen-bond donors (Lipinski definition) is 1. The van der Waals surface area contributed by atoms with Gasteiger partial charge in [0.1, 0.15) is 16.2 Å². The quantitative estimate of drug-likeness (QED) is 0.788. The van der Waals surface area contributed by atoms with E-state index in [2.05, 4.69) is 4.98 Å². The van der Waals surface area contributed by atoms with Gasteiger partial charge >= 0.3 is 5.97 Å². The monoisotopic (exact) mass is 347 g/mol. The van der Waals surface area contributed by atoms with Gasteiger partial charge in [-0.15, -0.1) is 11.3 Å². The van der Waals surface area contributed by atoms with E-state index in [9.17, 15) is 19.1 Å². The summed E-state index contributed by atoms with van der Waals surface area (Å²) >= 11 is 1.28. The van der Waals surface area contributed by atoms with Gasteiger partial charge in [-0.1, -0.05) is 0 Å². The first kappa shape index (κ1) is 16.1. The molecule has 2 heterocycles. The van der Waals surface area contributed by atoms with Gasteiger partial charge < -0.3 is 10.0 Å². The van der Waals surface area contributed by atoms with Crippen molar-refractivity contribution in [3.8, 4) is 5.69 Å². The fraction of sp³-hybridized carbons (Fsp3) is 0.188. The molecule has 0 fully saturated rings. The number of carboxylic acids is 1. The Morgan fingerprint density at radius 2 is 1.92 bits per heavy atom. The van der Waals surface area contributed by atoms with E-state index < -0.39 is 17.3 Å². The highest BCUT2D eigenvalue weighted by molar-refractivity contribution is 7.18. The van der Waals surface area contributed by atoms with Crippen LogP contribution in [0.4, 0.5) is 10.1 Å². The fourth-order valence-electron chi connectivity index (χ4n) is 2.60. The lowest BCUT2D eigenvalue weighted by Crippen LogP contribution is -2.29. The molecule has 8 heteroatoms. The third-order valence-electron chi connectivity index (χ3n) is 3.54. The Morgan fingerprint density at radius 1 is 1.29 bits per heavy atom. The number of rotatable bonds is 3. The second-order valence-corrected chi connectivity index (χ2v) is 6.61. The van der Waals surface area contributed by atoms with E-state index in [1.165, 1.54) is 40.2 Å². The number of pyridine rings is 1. The van der Waals surface area contributed by atoms with Crippen molar-refractivity contribution in [1.29, 1.82) is 0 Å². The molecule has 0 saturated heterocycles. The number of nitrogens with zero attached hydrogens (tertiary/aromatic N) is 3. The van der Waals surface area contributed by atoms with Gasteiger partial charge in [-0.05, 0) is 31.2 Å². The highest BCUT2D eigenvalue weighted by atomic mass is 32.1. The Labute approximate surface area is 140 Å². The van der Waals surface area contributed by atoms with Gasteiger partial charge in [-0.2, -0.15) is 0 Å². The van der Waals surface area contributed by atoms with E-state index in [-0.39, 0.29) is 11.3 Å². The minimum absolute atomic E-state index is 0.269. The summed E-state index contributed by atoms with van der Waals surface area (Å²) in [7, 11) is 3.33. The van der Waals surface area contributed by atoms with E-state index in [0.717, 1.165) is 0 Å². The molecule has 0 aliphatic heterocycles. The van der Waals surface area contributed by atoms with Gasteiger partial charge in [-0.25, -0.2) is 14.2 Å². The van der Waals surface area contributed by atoms with Crippen LogP contribution in [0.5, 0.6) is 0 Å². The SMILES string of the molecule is Cc1nc2c(N(C)C)c(C(=O)O)c(=O)n(-c3ccc(F)cc3)c2s1. The Hall–Kier alpha value is -2.74. The third-order valence-corrected chi connectivity index (χ3v) is 4.50. The van der Waals surface area contributed by atoms with Crippen molar-refractivity contribution >= 4 is 33.3 Å².